The third-order valence-corrected chi connectivity index (χ3v) is 11.2. The number of ether oxygens (including phenoxy) is 4. The lowest BCUT2D eigenvalue weighted by Gasteiger charge is -2.40. The molecule has 2 unspecified atom stereocenters. The Labute approximate surface area is 308 Å². The molecule has 0 N–H and O–H groups in total. The summed E-state index contributed by atoms with van der Waals surface area (Å²) in [5.74, 6) is 3.17. The van der Waals surface area contributed by atoms with Crippen molar-refractivity contribution in [2.24, 2.45) is 0 Å². The maximum absolute atomic E-state index is 7.59. The molecular weight excluding hydrogens is 655 g/mol. The fourth-order valence-corrected chi connectivity index (χ4v) is 8.58. The summed E-state index contributed by atoms with van der Waals surface area (Å²) in [7, 11) is 7.54. The number of rotatable bonds is 5. The number of methoxy groups -OCH3 is 2. The van der Waals surface area contributed by atoms with Crippen molar-refractivity contribution < 1.29 is 18.9 Å². The first-order valence-electron chi connectivity index (χ1n) is 17.9. The third kappa shape index (κ3) is 4.43. The molecule has 5 nitrogen and oxygen atoms in total. The van der Waals surface area contributed by atoms with Crippen LogP contribution in [0.4, 0.5) is 5.69 Å². The molecule has 2 heterocycles. The summed E-state index contributed by atoms with van der Waals surface area (Å²) in [6, 6.07) is 44.5. The molecule has 53 heavy (non-hydrogen) atoms. The Morgan fingerprint density at radius 3 is 2.06 bits per heavy atom. The SMILES string of the molecule is COc1ccc2c(c1)C1(C=Cc3ccc4ccccc4c3O1)c1c3c(c4cc(OC)ccc4c1-2)OC(c1ccccc1)(c1ccc(N(C)C)cc1)C=C3. The van der Waals surface area contributed by atoms with Gasteiger partial charge in [0.1, 0.15) is 23.0 Å². The van der Waals surface area contributed by atoms with Gasteiger partial charge in [-0.15, -0.1) is 0 Å². The zero-order chi connectivity index (χ0) is 35.9. The molecule has 0 saturated heterocycles. The van der Waals surface area contributed by atoms with Crippen LogP contribution in [-0.4, -0.2) is 28.3 Å². The highest BCUT2D eigenvalue weighted by Gasteiger charge is 2.50. The number of hydrogen-bond acceptors (Lipinski definition) is 5. The molecule has 0 radical (unpaired) electrons. The van der Waals surface area contributed by atoms with Crippen LogP contribution in [0.5, 0.6) is 23.0 Å². The molecule has 1 aliphatic carbocycles. The van der Waals surface area contributed by atoms with Gasteiger partial charge in [-0.25, -0.2) is 0 Å². The van der Waals surface area contributed by atoms with Gasteiger partial charge in [-0.05, 0) is 76.5 Å². The van der Waals surface area contributed by atoms with E-state index in [0.717, 1.165) is 94.7 Å². The Morgan fingerprint density at radius 2 is 1.26 bits per heavy atom. The lowest BCUT2D eigenvalue weighted by Crippen LogP contribution is -2.36. The van der Waals surface area contributed by atoms with Crippen LogP contribution in [0.25, 0.3) is 44.8 Å². The van der Waals surface area contributed by atoms with Crippen molar-refractivity contribution in [3.63, 3.8) is 0 Å². The maximum atomic E-state index is 7.59. The molecule has 2 aliphatic heterocycles. The Hall–Kier alpha value is -6.46. The van der Waals surface area contributed by atoms with Crippen molar-refractivity contribution in [3.05, 3.63) is 173 Å². The molecule has 0 bridgehead atoms. The molecule has 7 aromatic carbocycles. The minimum atomic E-state index is -0.970. The molecule has 258 valence electrons. The summed E-state index contributed by atoms with van der Waals surface area (Å²) < 4.78 is 26.8. The Balaban J connectivity index is 1.29. The van der Waals surface area contributed by atoms with E-state index in [-0.39, 0.29) is 0 Å². The summed E-state index contributed by atoms with van der Waals surface area (Å²) in [6.45, 7) is 0. The number of hydrogen-bond donors (Lipinski definition) is 0. The summed E-state index contributed by atoms with van der Waals surface area (Å²) in [5, 5.41) is 4.23. The van der Waals surface area contributed by atoms with Gasteiger partial charge in [0, 0.05) is 63.9 Å². The average molecular weight is 692 g/mol. The first-order valence-corrected chi connectivity index (χ1v) is 17.9. The lowest BCUT2D eigenvalue weighted by atomic mass is 9.79. The van der Waals surface area contributed by atoms with Crippen molar-refractivity contribution >= 4 is 39.4 Å². The maximum Gasteiger partial charge on any atom is 0.180 e. The molecule has 5 heteroatoms. The first-order chi connectivity index (χ1) is 25.9. The normalized spacial score (nSPS) is 18.9. The second kappa shape index (κ2) is 11.5. The molecule has 7 aromatic rings. The number of fused-ring (bicyclic) bond motifs is 13. The van der Waals surface area contributed by atoms with Crippen molar-refractivity contribution in [1.29, 1.82) is 0 Å². The number of benzene rings is 7. The zero-order valence-corrected chi connectivity index (χ0v) is 30.0. The van der Waals surface area contributed by atoms with Gasteiger partial charge < -0.3 is 23.8 Å². The molecular formula is C48H37NO4. The minimum absolute atomic E-state index is 0.760. The quantitative estimate of drug-likeness (QED) is 0.180. The van der Waals surface area contributed by atoms with Gasteiger partial charge in [0.25, 0.3) is 0 Å². The molecule has 3 aliphatic rings. The predicted octanol–water partition coefficient (Wildman–Crippen LogP) is 10.8. The van der Waals surface area contributed by atoms with Crippen LogP contribution in [0.15, 0.2) is 140 Å². The minimum Gasteiger partial charge on any atom is -0.497 e. The molecule has 0 saturated carbocycles. The largest absolute Gasteiger partial charge is 0.497 e. The molecule has 10 rings (SSSR count). The van der Waals surface area contributed by atoms with Crippen LogP contribution in [0.2, 0.25) is 0 Å². The van der Waals surface area contributed by atoms with E-state index in [2.05, 4.69) is 152 Å². The van der Waals surface area contributed by atoms with E-state index < -0.39 is 11.2 Å². The summed E-state index contributed by atoms with van der Waals surface area (Å²) >= 11 is 0. The van der Waals surface area contributed by atoms with Crippen molar-refractivity contribution in [2.45, 2.75) is 11.2 Å². The summed E-state index contributed by atoms with van der Waals surface area (Å²) in [6.07, 6.45) is 8.90. The monoisotopic (exact) mass is 691 g/mol. The standard InChI is InChI=1S/C48H37NO4/c1-49(2)34-18-16-33(17-19-34)47(32-11-6-5-7-12-32)27-25-40-44-43(38-22-20-35(50-3)28-41(38)46(40)53-47)39-23-21-36(51-4)29-42(39)48(44)26-24-31-15-14-30-10-8-9-13-37(30)45(31)52-48/h5-29H,1-4H3. The summed E-state index contributed by atoms with van der Waals surface area (Å²) in [4.78, 5) is 2.11. The fraction of sp³-hybridized carbons (Fsp3) is 0.125. The first kappa shape index (κ1) is 31.3. The van der Waals surface area contributed by atoms with Crippen LogP contribution in [-0.2, 0) is 11.2 Å². The van der Waals surface area contributed by atoms with E-state index in [9.17, 15) is 0 Å². The topological polar surface area (TPSA) is 40.2 Å². The highest BCUT2D eigenvalue weighted by Crippen LogP contribution is 2.61. The Kier molecular flexibility index (Phi) is 6.80. The molecule has 0 aromatic heterocycles. The predicted molar refractivity (Wildman–Crippen MR) is 215 cm³/mol. The zero-order valence-electron chi connectivity index (χ0n) is 30.0. The van der Waals surface area contributed by atoms with E-state index in [1.54, 1.807) is 14.2 Å². The van der Waals surface area contributed by atoms with Crippen LogP contribution in [0.1, 0.15) is 33.4 Å². The van der Waals surface area contributed by atoms with Crippen LogP contribution in [0, 0.1) is 0 Å². The van der Waals surface area contributed by atoms with E-state index in [0.29, 0.717) is 0 Å². The van der Waals surface area contributed by atoms with Crippen molar-refractivity contribution in [2.75, 3.05) is 33.2 Å². The second-order valence-electron chi connectivity index (χ2n) is 14.2. The second-order valence-corrected chi connectivity index (χ2v) is 14.2. The van der Waals surface area contributed by atoms with E-state index in [1.807, 2.05) is 18.2 Å². The summed E-state index contributed by atoms with van der Waals surface area (Å²) in [5.41, 5.74) is 7.61. The van der Waals surface area contributed by atoms with Gasteiger partial charge in [-0.2, -0.15) is 0 Å². The number of anilines is 1. The molecule has 0 fully saturated rings. The van der Waals surface area contributed by atoms with Gasteiger partial charge in [-0.1, -0.05) is 97.1 Å². The van der Waals surface area contributed by atoms with E-state index >= 15 is 0 Å². The van der Waals surface area contributed by atoms with Gasteiger partial charge in [0.2, 0.25) is 0 Å². The van der Waals surface area contributed by atoms with Gasteiger partial charge in [0.15, 0.2) is 11.2 Å². The van der Waals surface area contributed by atoms with Crippen LogP contribution < -0.4 is 23.8 Å². The van der Waals surface area contributed by atoms with Gasteiger partial charge >= 0.3 is 0 Å². The van der Waals surface area contributed by atoms with Crippen molar-refractivity contribution in [1.82, 2.24) is 0 Å². The van der Waals surface area contributed by atoms with Crippen LogP contribution >= 0.6 is 0 Å². The smallest absolute Gasteiger partial charge is 0.180 e. The van der Waals surface area contributed by atoms with Gasteiger partial charge in [-0.3, -0.25) is 0 Å². The number of nitrogens with zero attached hydrogens (tertiary/aromatic N) is 1. The van der Waals surface area contributed by atoms with Crippen LogP contribution in [0.3, 0.4) is 0 Å². The van der Waals surface area contributed by atoms with E-state index in [4.69, 9.17) is 18.9 Å². The fourth-order valence-electron chi connectivity index (χ4n) is 8.58. The highest BCUT2D eigenvalue weighted by atomic mass is 16.5. The van der Waals surface area contributed by atoms with Gasteiger partial charge in [0.05, 0.1) is 14.2 Å². The van der Waals surface area contributed by atoms with Crippen molar-refractivity contribution in [3.8, 4) is 34.1 Å². The third-order valence-electron chi connectivity index (χ3n) is 11.2. The Bertz CT molecular complexity index is 2680. The van der Waals surface area contributed by atoms with E-state index in [1.165, 1.54) is 0 Å². The Morgan fingerprint density at radius 1 is 0.566 bits per heavy atom. The molecule has 1 spiro atoms. The molecule has 0 amide bonds. The average Bonchev–Trinajstić information content (AvgIpc) is 3.49. The lowest BCUT2D eigenvalue weighted by molar-refractivity contribution is 0.155. The highest BCUT2D eigenvalue weighted by molar-refractivity contribution is 6.09. The molecule has 2 atom stereocenters.